The molecule has 1 saturated heterocycles. The van der Waals surface area contributed by atoms with Gasteiger partial charge in [-0.2, -0.15) is 0 Å². The Kier molecular flexibility index (Phi) is 11.5. The summed E-state index contributed by atoms with van der Waals surface area (Å²) < 4.78 is 5.44. The van der Waals surface area contributed by atoms with Crippen LogP contribution in [0.25, 0.3) is 0 Å². The van der Waals surface area contributed by atoms with Gasteiger partial charge in [0.1, 0.15) is 6.04 Å². The van der Waals surface area contributed by atoms with Crippen LogP contribution in [0.5, 0.6) is 0 Å². The molecule has 2 aliphatic rings. The molecule has 3 rings (SSSR count). The molecule has 0 unspecified atom stereocenters. The van der Waals surface area contributed by atoms with Gasteiger partial charge in [0.25, 0.3) is 0 Å². The lowest BCUT2D eigenvalue weighted by molar-refractivity contribution is -0.140. The summed E-state index contributed by atoms with van der Waals surface area (Å²) in [6.07, 6.45) is 6.85. The maximum absolute atomic E-state index is 13.5. The maximum atomic E-state index is 13.5. The van der Waals surface area contributed by atoms with Crippen molar-refractivity contribution in [1.82, 2.24) is 10.2 Å². The SMILES string of the molecule is C.COC1=C(CC(=O)N[C@@H](C(=O)N2CC[C@H](c3ccc(Cl)cc3)C(C)(C)C2)C(C)C)C=CCC1.O. The van der Waals surface area contributed by atoms with E-state index in [2.05, 4.69) is 37.4 Å². The highest BCUT2D eigenvalue weighted by Gasteiger charge is 2.40. The van der Waals surface area contributed by atoms with E-state index in [4.69, 9.17) is 16.3 Å². The molecular formula is C28H43ClN2O4. The predicted molar refractivity (Wildman–Crippen MR) is 143 cm³/mol. The van der Waals surface area contributed by atoms with E-state index in [9.17, 15) is 9.59 Å². The summed E-state index contributed by atoms with van der Waals surface area (Å²) in [7, 11) is 1.64. The third-order valence-corrected chi connectivity index (χ3v) is 7.13. The van der Waals surface area contributed by atoms with E-state index in [1.54, 1.807) is 7.11 Å². The van der Waals surface area contributed by atoms with Gasteiger partial charge < -0.3 is 20.4 Å². The molecule has 0 aromatic heterocycles. The fourth-order valence-electron chi connectivity index (χ4n) is 5.05. The number of allylic oxidation sites excluding steroid dienone is 3. The van der Waals surface area contributed by atoms with Gasteiger partial charge >= 0.3 is 0 Å². The zero-order valence-corrected chi connectivity index (χ0v) is 21.7. The Morgan fingerprint density at radius 1 is 1.23 bits per heavy atom. The van der Waals surface area contributed by atoms with Gasteiger partial charge in [0.15, 0.2) is 0 Å². The molecule has 1 aliphatic carbocycles. The number of carbonyl (C=O) groups is 2. The van der Waals surface area contributed by atoms with Crippen LogP contribution >= 0.6 is 11.6 Å². The summed E-state index contributed by atoms with van der Waals surface area (Å²) in [5, 5.41) is 3.75. The van der Waals surface area contributed by atoms with E-state index in [1.807, 2.05) is 37.0 Å². The first kappa shape index (κ1) is 30.7. The van der Waals surface area contributed by atoms with Crippen LogP contribution in [0.15, 0.2) is 47.7 Å². The number of benzene rings is 1. The first-order chi connectivity index (χ1) is 15.6. The number of hydrogen-bond acceptors (Lipinski definition) is 3. The zero-order valence-electron chi connectivity index (χ0n) is 21.0. The molecule has 7 heteroatoms. The van der Waals surface area contributed by atoms with E-state index in [0.29, 0.717) is 19.0 Å². The quantitative estimate of drug-likeness (QED) is 0.545. The second-order valence-electron chi connectivity index (χ2n) is 10.2. The fraction of sp³-hybridized carbons (Fsp3) is 0.571. The highest BCUT2D eigenvalue weighted by Crippen LogP contribution is 2.42. The summed E-state index contributed by atoms with van der Waals surface area (Å²) in [4.78, 5) is 28.3. The third-order valence-electron chi connectivity index (χ3n) is 6.88. The Hall–Kier alpha value is -2.31. The molecule has 1 aromatic rings. The number of carbonyl (C=O) groups excluding carboxylic acids is 2. The molecule has 2 atom stereocenters. The maximum Gasteiger partial charge on any atom is 0.245 e. The lowest BCUT2D eigenvalue weighted by atomic mass is 9.70. The topological polar surface area (TPSA) is 90.1 Å². The standard InChI is InChI=1S/C27H37ClN2O3.CH4.H2O/c1-18(2)25(29-24(31)16-20-8-6-7-9-23(20)33-5)26(32)30-15-14-22(27(3,4)17-30)19-10-12-21(28)13-11-19;;/h6,8,10-13,18,22,25H,7,9,14-17H2,1-5H3,(H,29,31);1H4;1H2/t22-,25-;;/m1../s1. The van der Waals surface area contributed by atoms with Crippen LogP contribution in [-0.4, -0.2) is 48.4 Å². The Bertz CT molecular complexity index is 921. The van der Waals surface area contributed by atoms with E-state index in [0.717, 1.165) is 35.6 Å². The molecular weight excluding hydrogens is 464 g/mol. The molecule has 1 heterocycles. The van der Waals surface area contributed by atoms with Gasteiger partial charge in [0.05, 0.1) is 19.3 Å². The minimum Gasteiger partial charge on any atom is -0.501 e. The van der Waals surface area contributed by atoms with Crippen LogP contribution in [-0.2, 0) is 14.3 Å². The average molecular weight is 507 g/mol. The van der Waals surface area contributed by atoms with Gasteiger partial charge in [-0.3, -0.25) is 9.59 Å². The van der Waals surface area contributed by atoms with Crippen LogP contribution in [0.2, 0.25) is 5.02 Å². The second kappa shape index (κ2) is 13.1. The number of halogens is 1. The van der Waals surface area contributed by atoms with E-state index < -0.39 is 6.04 Å². The van der Waals surface area contributed by atoms with Crippen LogP contribution in [0.1, 0.15) is 72.3 Å². The second-order valence-corrected chi connectivity index (χ2v) is 10.6. The third kappa shape index (κ3) is 7.58. The monoisotopic (exact) mass is 506 g/mol. The number of nitrogens with zero attached hydrogens (tertiary/aromatic N) is 1. The molecule has 1 aliphatic heterocycles. The van der Waals surface area contributed by atoms with Gasteiger partial charge in [0, 0.05) is 24.5 Å². The Labute approximate surface area is 216 Å². The fourth-order valence-corrected chi connectivity index (χ4v) is 5.18. The lowest BCUT2D eigenvalue weighted by Gasteiger charge is -2.45. The highest BCUT2D eigenvalue weighted by atomic mass is 35.5. The number of rotatable bonds is 7. The smallest absolute Gasteiger partial charge is 0.245 e. The Morgan fingerprint density at radius 2 is 1.89 bits per heavy atom. The molecule has 35 heavy (non-hydrogen) atoms. The number of likely N-dealkylation sites (tertiary alicyclic amines) is 1. The van der Waals surface area contributed by atoms with Crippen molar-refractivity contribution in [3.63, 3.8) is 0 Å². The number of ether oxygens (including phenoxy) is 1. The summed E-state index contributed by atoms with van der Waals surface area (Å²) in [6.45, 7) is 9.71. The minimum atomic E-state index is -0.542. The normalized spacial score (nSPS) is 20.0. The molecule has 2 amide bonds. The van der Waals surface area contributed by atoms with Crippen molar-refractivity contribution in [2.75, 3.05) is 20.2 Å². The van der Waals surface area contributed by atoms with E-state index in [1.165, 1.54) is 5.56 Å². The van der Waals surface area contributed by atoms with E-state index >= 15 is 0 Å². The van der Waals surface area contributed by atoms with E-state index in [-0.39, 0.29) is 42.5 Å². The molecule has 1 fully saturated rings. The molecule has 196 valence electrons. The van der Waals surface area contributed by atoms with Crippen molar-refractivity contribution in [2.24, 2.45) is 11.3 Å². The van der Waals surface area contributed by atoms with Gasteiger partial charge in [-0.1, -0.05) is 71.0 Å². The molecule has 0 bridgehead atoms. The van der Waals surface area contributed by atoms with Crippen LogP contribution < -0.4 is 5.32 Å². The summed E-state index contributed by atoms with van der Waals surface area (Å²) in [6, 6.07) is 7.50. The van der Waals surface area contributed by atoms with Crippen molar-refractivity contribution in [1.29, 1.82) is 0 Å². The van der Waals surface area contributed by atoms with Crippen LogP contribution in [0.3, 0.4) is 0 Å². The molecule has 0 spiro atoms. The number of amides is 2. The summed E-state index contributed by atoms with van der Waals surface area (Å²) >= 11 is 6.07. The van der Waals surface area contributed by atoms with Crippen LogP contribution in [0.4, 0.5) is 0 Å². The number of piperidine rings is 1. The van der Waals surface area contributed by atoms with Crippen LogP contribution in [0, 0.1) is 11.3 Å². The van der Waals surface area contributed by atoms with Gasteiger partial charge in [0.2, 0.25) is 11.8 Å². The molecule has 0 radical (unpaired) electrons. The average Bonchev–Trinajstić information content (AvgIpc) is 2.77. The highest BCUT2D eigenvalue weighted by molar-refractivity contribution is 6.30. The van der Waals surface area contributed by atoms with Gasteiger partial charge in [-0.15, -0.1) is 0 Å². The Morgan fingerprint density at radius 3 is 2.46 bits per heavy atom. The van der Waals surface area contributed by atoms with Crippen molar-refractivity contribution < 1.29 is 19.8 Å². The van der Waals surface area contributed by atoms with Crippen molar-refractivity contribution in [3.05, 3.63) is 58.3 Å². The number of methoxy groups -OCH3 is 1. The van der Waals surface area contributed by atoms with Gasteiger partial charge in [-0.25, -0.2) is 0 Å². The summed E-state index contributed by atoms with van der Waals surface area (Å²) in [5.74, 6) is 1.06. The molecule has 6 nitrogen and oxygen atoms in total. The van der Waals surface area contributed by atoms with Gasteiger partial charge in [-0.05, 0) is 53.4 Å². The zero-order chi connectivity index (χ0) is 24.2. The minimum absolute atomic E-state index is 0. The predicted octanol–water partition coefficient (Wildman–Crippen LogP) is 5.27. The summed E-state index contributed by atoms with van der Waals surface area (Å²) in [5.41, 5.74) is 2.06. The molecule has 0 saturated carbocycles. The lowest BCUT2D eigenvalue weighted by Crippen LogP contribution is -2.55. The first-order valence-corrected chi connectivity index (χ1v) is 12.3. The first-order valence-electron chi connectivity index (χ1n) is 11.9. The van der Waals surface area contributed by atoms with Crippen molar-refractivity contribution in [3.8, 4) is 0 Å². The van der Waals surface area contributed by atoms with Crippen molar-refractivity contribution in [2.45, 2.75) is 72.8 Å². The Balaban J connectivity index is 0.00000306. The molecule has 3 N–H and O–H groups in total. The number of hydrogen-bond donors (Lipinski definition) is 1. The van der Waals surface area contributed by atoms with Crippen molar-refractivity contribution >= 4 is 23.4 Å². The largest absolute Gasteiger partial charge is 0.501 e. The molecule has 1 aromatic carbocycles. The number of nitrogens with one attached hydrogen (secondary N) is 1.